The van der Waals surface area contributed by atoms with E-state index in [-0.39, 0.29) is 12.2 Å². The molecule has 6 rings (SSSR count). The Bertz CT molecular complexity index is 1770. The van der Waals surface area contributed by atoms with E-state index >= 15 is 0 Å². The van der Waals surface area contributed by atoms with Crippen molar-refractivity contribution >= 4 is 33.1 Å². The molecule has 6 aromatic rings. The Morgan fingerprint density at radius 1 is 1.05 bits per heavy atom. The first-order chi connectivity index (χ1) is 19.0. The van der Waals surface area contributed by atoms with E-state index in [2.05, 4.69) is 15.1 Å². The van der Waals surface area contributed by atoms with Crippen LogP contribution in [0.2, 0.25) is 0 Å². The van der Waals surface area contributed by atoms with Crippen LogP contribution in [-0.4, -0.2) is 39.6 Å². The first kappa shape index (κ1) is 24.6. The lowest BCUT2D eigenvalue weighted by molar-refractivity contribution is 0.0992. The average molecular weight is 541 g/mol. The molecule has 4 aromatic heterocycles. The molecule has 0 saturated carbocycles. The van der Waals surface area contributed by atoms with Crippen molar-refractivity contribution in [2.45, 2.75) is 20.0 Å². The molecule has 0 radical (unpaired) electrons. The number of ketones is 1. The number of fused-ring (bicyclic) bond motifs is 2. The van der Waals surface area contributed by atoms with Gasteiger partial charge in [0.15, 0.2) is 11.5 Å². The number of aromatic nitrogens is 4. The average Bonchev–Trinajstić information content (AvgIpc) is 3.65. The number of hydrogen-bond acceptors (Lipinski definition) is 9. The van der Waals surface area contributed by atoms with Gasteiger partial charge in [0.2, 0.25) is 4.96 Å². The van der Waals surface area contributed by atoms with Crippen molar-refractivity contribution < 1.29 is 23.4 Å². The fraction of sp³-hybridized carbons (Fsp3) is 0.172. The Balaban J connectivity index is 1.23. The van der Waals surface area contributed by atoms with Gasteiger partial charge in [-0.1, -0.05) is 24.3 Å². The Kier molecular flexibility index (Phi) is 6.45. The fourth-order valence-electron chi connectivity index (χ4n) is 4.24. The summed E-state index contributed by atoms with van der Waals surface area (Å²) < 4.78 is 24.7. The normalized spacial score (nSPS) is 11.3. The van der Waals surface area contributed by atoms with Gasteiger partial charge < -0.3 is 18.6 Å². The van der Waals surface area contributed by atoms with Crippen LogP contribution < -0.4 is 14.2 Å². The standard InChI is InChI=1S/C29H24N4O5S/c1-17-7-8-20(14-30-17)24(34)10-18-5-4-6-19(9-18)16-37-25-11-21(35-2)12-26-22(25)13-27(38-26)23-15-33-28(31-23)39-29(32-33)36-3/h4-9,11-15H,10,16H2,1-3H3. The van der Waals surface area contributed by atoms with Crippen molar-refractivity contribution in [3.63, 3.8) is 0 Å². The van der Waals surface area contributed by atoms with Gasteiger partial charge in [0.05, 0.1) is 25.8 Å². The van der Waals surface area contributed by atoms with E-state index in [1.165, 1.54) is 11.3 Å². The summed E-state index contributed by atoms with van der Waals surface area (Å²) in [5.74, 6) is 1.84. The molecule has 0 atom stereocenters. The summed E-state index contributed by atoms with van der Waals surface area (Å²) in [5, 5.41) is 5.66. The SMILES string of the molecule is COc1cc(OCc2cccc(CC(=O)c3ccc(C)nc3)c2)c2cc(-c3cn4nc(OC)sc4n3)oc2c1. The zero-order valence-corrected chi connectivity index (χ0v) is 22.3. The molecule has 0 bridgehead atoms. The van der Waals surface area contributed by atoms with E-state index in [9.17, 15) is 4.79 Å². The highest BCUT2D eigenvalue weighted by Gasteiger charge is 2.17. The third-order valence-electron chi connectivity index (χ3n) is 6.24. The van der Waals surface area contributed by atoms with Crippen molar-refractivity contribution in [2.75, 3.05) is 14.2 Å². The van der Waals surface area contributed by atoms with Crippen LogP contribution in [0.1, 0.15) is 27.2 Å². The Hall–Kier alpha value is -4.70. The largest absolute Gasteiger partial charge is 0.496 e. The van der Waals surface area contributed by atoms with Gasteiger partial charge in [0, 0.05) is 36.0 Å². The highest BCUT2D eigenvalue weighted by Crippen LogP contribution is 2.37. The number of hydrogen-bond donors (Lipinski definition) is 0. The number of methoxy groups -OCH3 is 2. The summed E-state index contributed by atoms with van der Waals surface area (Å²) in [5.41, 5.74) is 4.60. The van der Waals surface area contributed by atoms with Crippen LogP contribution in [-0.2, 0) is 13.0 Å². The van der Waals surface area contributed by atoms with Gasteiger partial charge in [-0.25, -0.2) is 9.50 Å². The highest BCUT2D eigenvalue weighted by atomic mass is 32.1. The van der Waals surface area contributed by atoms with Gasteiger partial charge in [-0.15, -0.1) is 5.10 Å². The maximum atomic E-state index is 12.7. The fourth-order valence-corrected chi connectivity index (χ4v) is 4.94. The number of carbonyl (C=O) groups excluding carboxylic acids is 1. The summed E-state index contributed by atoms with van der Waals surface area (Å²) >= 11 is 1.35. The summed E-state index contributed by atoms with van der Waals surface area (Å²) in [7, 11) is 3.17. The van der Waals surface area contributed by atoms with E-state index in [0.29, 0.717) is 50.9 Å². The molecule has 2 aromatic carbocycles. The second kappa shape index (κ2) is 10.2. The van der Waals surface area contributed by atoms with E-state index in [1.807, 2.05) is 61.5 Å². The van der Waals surface area contributed by atoms with Crippen molar-refractivity contribution in [3.05, 3.63) is 89.4 Å². The minimum absolute atomic E-state index is 0.0220. The number of furan rings is 1. The molecule has 9 nitrogen and oxygen atoms in total. The Morgan fingerprint density at radius 2 is 1.92 bits per heavy atom. The maximum absolute atomic E-state index is 12.7. The summed E-state index contributed by atoms with van der Waals surface area (Å²) in [6, 6.07) is 17.0. The highest BCUT2D eigenvalue weighted by molar-refractivity contribution is 7.18. The van der Waals surface area contributed by atoms with Gasteiger partial charge in [-0.05, 0) is 47.6 Å². The number of benzene rings is 2. The Morgan fingerprint density at radius 3 is 2.69 bits per heavy atom. The smallest absolute Gasteiger partial charge is 0.294 e. The molecule has 0 spiro atoms. The number of nitrogens with zero attached hydrogens (tertiary/aromatic N) is 4. The van der Waals surface area contributed by atoms with E-state index < -0.39 is 0 Å². The minimum Gasteiger partial charge on any atom is -0.496 e. The number of pyridine rings is 1. The predicted molar refractivity (Wildman–Crippen MR) is 147 cm³/mol. The Labute approximate surface area is 227 Å². The lowest BCUT2D eigenvalue weighted by atomic mass is 10.0. The lowest BCUT2D eigenvalue weighted by Gasteiger charge is -2.10. The van der Waals surface area contributed by atoms with Crippen LogP contribution in [0.25, 0.3) is 27.4 Å². The molecule has 0 aliphatic carbocycles. The van der Waals surface area contributed by atoms with Crippen molar-refractivity contribution in [1.29, 1.82) is 0 Å². The molecule has 4 heterocycles. The number of ether oxygens (including phenoxy) is 3. The molecule has 0 N–H and O–H groups in total. The van der Waals surface area contributed by atoms with Crippen molar-refractivity contribution in [3.8, 4) is 28.1 Å². The monoisotopic (exact) mass is 540 g/mol. The topological polar surface area (TPSA) is 101 Å². The van der Waals surface area contributed by atoms with Crippen LogP contribution in [0, 0.1) is 6.92 Å². The van der Waals surface area contributed by atoms with Crippen LogP contribution in [0.3, 0.4) is 0 Å². The molecular weight excluding hydrogens is 516 g/mol. The zero-order chi connectivity index (χ0) is 26.9. The van der Waals surface area contributed by atoms with Crippen LogP contribution in [0.15, 0.2) is 71.4 Å². The second-order valence-corrected chi connectivity index (χ2v) is 9.89. The van der Waals surface area contributed by atoms with Gasteiger partial charge in [-0.2, -0.15) is 0 Å². The van der Waals surface area contributed by atoms with E-state index in [0.717, 1.165) is 22.2 Å². The first-order valence-electron chi connectivity index (χ1n) is 12.2. The molecule has 0 amide bonds. The molecular formula is C29H24N4O5S. The first-order valence-corrected chi connectivity index (χ1v) is 13.0. The van der Waals surface area contributed by atoms with Gasteiger partial charge in [0.1, 0.15) is 29.4 Å². The number of rotatable bonds is 9. The van der Waals surface area contributed by atoms with Gasteiger partial charge in [-0.3, -0.25) is 9.78 Å². The molecule has 0 aliphatic rings. The molecule has 0 aliphatic heterocycles. The molecule has 0 fully saturated rings. The van der Waals surface area contributed by atoms with Crippen LogP contribution in [0.5, 0.6) is 16.7 Å². The van der Waals surface area contributed by atoms with Crippen molar-refractivity contribution in [2.24, 2.45) is 0 Å². The summed E-state index contributed by atoms with van der Waals surface area (Å²) in [6.45, 7) is 2.20. The second-order valence-electron chi connectivity index (χ2n) is 8.97. The zero-order valence-electron chi connectivity index (χ0n) is 21.5. The molecule has 0 unspecified atom stereocenters. The summed E-state index contributed by atoms with van der Waals surface area (Å²) in [4.78, 5) is 22.3. The van der Waals surface area contributed by atoms with Crippen LogP contribution >= 0.6 is 11.3 Å². The number of imidazole rings is 1. The minimum atomic E-state index is 0.0220. The maximum Gasteiger partial charge on any atom is 0.294 e. The van der Waals surface area contributed by atoms with E-state index in [1.54, 1.807) is 31.1 Å². The lowest BCUT2D eigenvalue weighted by Crippen LogP contribution is -2.05. The van der Waals surface area contributed by atoms with Gasteiger partial charge >= 0.3 is 0 Å². The number of carbonyl (C=O) groups is 1. The van der Waals surface area contributed by atoms with E-state index in [4.69, 9.17) is 18.6 Å². The summed E-state index contributed by atoms with van der Waals surface area (Å²) in [6.07, 6.45) is 3.71. The van der Waals surface area contributed by atoms with Crippen LogP contribution in [0.4, 0.5) is 0 Å². The third-order valence-corrected chi connectivity index (χ3v) is 7.13. The molecule has 196 valence electrons. The molecule has 39 heavy (non-hydrogen) atoms. The third kappa shape index (κ3) is 5.06. The quantitative estimate of drug-likeness (QED) is 0.208. The number of Topliss-reactive ketones (excluding diaryl/α,β-unsaturated/α-hetero) is 1. The predicted octanol–water partition coefficient (Wildman–Crippen LogP) is 5.93. The molecule has 0 saturated heterocycles. The van der Waals surface area contributed by atoms with Crippen molar-refractivity contribution in [1.82, 2.24) is 19.6 Å². The number of aryl methyl sites for hydroxylation is 1. The van der Waals surface area contributed by atoms with Gasteiger partial charge in [0.25, 0.3) is 5.19 Å². The molecule has 10 heteroatoms.